The van der Waals surface area contributed by atoms with Crippen molar-refractivity contribution in [1.82, 2.24) is 0 Å². The average Bonchev–Trinajstić information content (AvgIpc) is 2.60. The van der Waals surface area contributed by atoms with Gasteiger partial charge < -0.3 is 5.11 Å². The van der Waals surface area contributed by atoms with Crippen LogP contribution in [0.4, 0.5) is 0 Å². The molecule has 2 nitrogen and oxygen atoms in total. The summed E-state index contributed by atoms with van der Waals surface area (Å²) in [6, 6.07) is 0. The average molecular weight is 190 g/mol. The molecule has 5 rings (SSSR count). The van der Waals surface area contributed by atoms with Crippen molar-refractivity contribution in [2.75, 3.05) is 0 Å². The molecule has 0 aromatic carbocycles. The van der Waals surface area contributed by atoms with Crippen LogP contribution < -0.4 is 0 Å². The third-order valence-electron chi connectivity index (χ3n) is 6.61. The van der Waals surface area contributed by atoms with Crippen molar-refractivity contribution in [3.8, 4) is 0 Å². The van der Waals surface area contributed by atoms with Crippen LogP contribution in [0.25, 0.3) is 0 Å². The summed E-state index contributed by atoms with van der Waals surface area (Å²) in [5, 5.41) is 9.33. The molecule has 9 atom stereocenters. The largest absolute Gasteiger partial charge is 0.481 e. The second-order valence-corrected chi connectivity index (χ2v) is 6.30. The van der Waals surface area contributed by atoms with Crippen molar-refractivity contribution in [2.45, 2.75) is 12.8 Å². The highest BCUT2D eigenvalue weighted by molar-refractivity contribution is 5.73. The summed E-state index contributed by atoms with van der Waals surface area (Å²) in [4.78, 5) is 11.3. The monoisotopic (exact) mass is 190 g/mol. The third-order valence-corrected chi connectivity index (χ3v) is 6.61. The SMILES string of the molecule is O=C(O)[C@H]1[C@H]2[C@@H]3C[C@@H]4[C@H]5[C@H]3C[C@H]2[C@H]5[C@@H]41. The molecule has 0 saturated heterocycles. The summed E-state index contributed by atoms with van der Waals surface area (Å²) >= 11 is 0. The van der Waals surface area contributed by atoms with E-state index in [0.29, 0.717) is 11.8 Å². The molecule has 5 fully saturated rings. The molecule has 5 aliphatic rings. The Morgan fingerprint density at radius 3 is 2.21 bits per heavy atom. The Morgan fingerprint density at radius 2 is 1.50 bits per heavy atom. The maximum atomic E-state index is 11.3. The van der Waals surface area contributed by atoms with E-state index in [1.165, 1.54) is 12.8 Å². The first-order valence-corrected chi connectivity index (χ1v) is 6.02. The second-order valence-electron chi connectivity index (χ2n) is 6.30. The van der Waals surface area contributed by atoms with Gasteiger partial charge in [-0.2, -0.15) is 0 Å². The number of aliphatic carboxylic acids is 1. The van der Waals surface area contributed by atoms with Gasteiger partial charge in [0, 0.05) is 0 Å². The van der Waals surface area contributed by atoms with Crippen LogP contribution in [0.1, 0.15) is 12.8 Å². The lowest BCUT2D eigenvalue weighted by atomic mass is 9.57. The molecular weight excluding hydrogens is 176 g/mol. The zero-order valence-electron chi connectivity index (χ0n) is 7.97. The second kappa shape index (κ2) is 1.66. The van der Waals surface area contributed by atoms with Gasteiger partial charge >= 0.3 is 5.97 Å². The Kier molecular flexibility index (Phi) is 0.812. The minimum atomic E-state index is -0.469. The van der Waals surface area contributed by atoms with E-state index in [1.807, 2.05) is 0 Å². The summed E-state index contributed by atoms with van der Waals surface area (Å²) in [5.74, 6) is 6.22. The minimum Gasteiger partial charge on any atom is -0.481 e. The van der Waals surface area contributed by atoms with Crippen molar-refractivity contribution in [1.29, 1.82) is 0 Å². The van der Waals surface area contributed by atoms with Crippen molar-refractivity contribution >= 4 is 5.97 Å². The fourth-order valence-corrected chi connectivity index (χ4v) is 6.80. The maximum Gasteiger partial charge on any atom is 0.307 e. The molecule has 0 spiro atoms. The molecule has 0 aromatic rings. The number of hydrogen-bond acceptors (Lipinski definition) is 1. The van der Waals surface area contributed by atoms with Crippen LogP contribution in [-0.4, -0.2) is 11.1 Å². The van der Waals surface area contributed by atoms with E-state index in [9.17, 15) is 9.90 Å². The molecular formula is C12H14O2. The highest BCUT2D eigenvalue weighted by Gasteiger charge is 2.81. The highest BCUT2D eigenvalue weighted by Crippen LogP contribution is 2.84. The molecule has 0 radical (unpaired) electrons. The minimum absolute atomic E-state index is 0.0810. The molecule has 0 aliphatic heterocycles. The molecule has 5 saturated carbocycles. The van der Waals surface area contributed by atoms with Gasteiger partial charge in [0.25, 0.3) is 0 Å². The van der Waals surface area contributed by atoms with Gasteiger partial charge in [-0.15, -0.1) is 0 Å². The van der Waals surface area contributed by atoms with Crippen molar-refractivity contribution in [3.63, 3.8) is 0 Å². The molecule has 0 aromatic heterocycles. The Morgan fingerprint density at radius 1 is 0.857 bits per heavy atom. The molecule has 0 amide bonds. The van der Waals surface area contributed by atoms with Gasteiger partial charge in [0.2, 0.25) is 0 Å². The predicted molar refractivity (Wildman–Crippen MR) is 48.3 cm³/mol. The lowest BCUT2D eigenvalue weighted by molar-refractivity contribution is -0.150. The lowest BCUT2D eigenvalue weighted by Crippen LogP contribution is -2.45. The molecule has 2 bridgehead atoms. The van der Waals surface area contributed by atoms with E-state index in [-0.39, 0.29) is 5.92 Å². The van der Waals surface area contributed by atoms with Gasteiger partial charge in [-0.3, -0.25) is 4.79 Å². The van der Waals surface area contributed by atoms with Crippen LogP contribution in [0, 0.1) is 53.3 Å². The van der Waals surface area contributed by atoms with Crippen molar-refractivity contribution < 1.29 is 9.90 Å². The van der Waals surface area contributed by atoms with E-state index >= 15 is 0 Å². The Bertz CT molecular complexity index is 357. The molecule has 2 heteroatoms. The number of carboxylic acid groups (broad SMARTS) is 1. The van der Waals surface area contributed by atoms with E-state index < -0.39 is 5.97 Å². The lowest BCUT2D eigenvalue weighted by Gasteiger charge is -2.46. The van der Waals surface area contributed by atoms with Gasteiger partial charge in [-0.25, -0.2) is 0 Å². The van der Waals surface area contributed by atoms with E-state index in [0.717, 1.165) is 35.5 Å². The first kappa shape index (κ1) is 6.86. The first-order chi connectivity index (χ1) is 6.79. The van der Waals surface area contributed by atoms with E-state index in [1.54, 1.807) is 0 Å². The summed E-state index contributed by atoms with van der Waals surface area (Å²) in [6.45, 7) is 0. The number of carboxylic acids is 1. The fraction of sp³-hybridized carbons (Fsp3) is 0.917. The summed E-state index contributed by atoms with van der Waals surface area (Å²) in [6.07, 6.45) is 2.81. The quantitative estimate of drug-likeness (QED) is 0.679. The normalized spacial score (nSPS) is 74.4. The van der Waals surface area contributed by atoms with Crippen LogP contribution in [-0.2, 0) is 4.79 Å². The number of hydrogen-bond donors (Lipinski definition) is 1. The Balaban J connectivity index is 1.75. The highest BCUT2D eigenvalue weighted by atomic mass is 16.4. The van der Waals surface area contributed by atoms with Gasteiger partial charge in [0.05, 0.1) is 5.92 Å². The van der Waals surface area contributed by atoms with Gasteiger partial charge in [0.15, 0.2) is 0 Å². The Labute approximate surface area is 82.7 Å². The van der Waals surface area contributed by atoms with Crippen molar-refractivity contribution in [3.05, 3.63) is 0 Å². The number of carbonyl (C=O) groups is 1. The van der Waals surface area contributed by atoms with Crippen molar-refractivity contribution in [2.24, 2.45) is 53.3 Å². The topological polar surface area (TPSA) is 37.3 Å². The van der Waals surface area contributed by atoms with Crippen LogP contribution in [0.3, 0.4) is 0 Å². The maximum absolute atomic E-state index is 11.3. The zero-order chi connectivity index (χ0) is 9.19. The standard InChI is InChI=1S/C12H14O2/c13-12(14)11-8-4-2-5-7-3(4)1-6(8)9(7)10(5)11/h3-11H,1-2H2,(H,13,14)/t3-,4+,5+,6+,7+,8-,9+,10+,11-/m0/s1. The van der Waals surface area contributed by atoms with Crippen LogP contribution in [0.15, 0.2) is 0 Å². The zero-order valence-corrected chi connectivity index (χ0v) is 7.97. The Hall–Kier alpha value is -0.530. The summed E-state index contributed by atoms with van der Waals surface area (Å²) < 4.78 is 0. The predicted octanol–water partition coefficient (Wildman–Crippen LogP) is 1.47. The fourth-order valence-electron chi connectivity index (χ4n) is 6.80. The van der Waals surface area contributed by atoms with Gasteiger partial charge in [-0.05, 0) is 60.2 Å². The molecule has 14 heavy (non-hydrogen) atoms. The molecule has 0 unspecified atom stereocenters. The third kappa shape index (κ3) is 0.409. The van der Waals surface area contributed by atoms with Crippen LogP contribution in [0.2, 0.25) is 0 Å². The summed E-state index contributed by atoms with van der Waals surface area (Å²) in [7, 11) is 0. The molecule has 74 valence electrons. The van der Waals surface area contributed by atoms with Gasteiger partial charge in [-0.1, -0.05) is 0 Å². The van der Waals surface area contributed by atoms with E-state index in [2.05, 4.69) is 0 Å². The molecule has 1 N–H and O–H groups in total. The van der Waals surface area contributed by atoms with E-state index in [4.69, 9.17) is 0 Å². The van der Waals surface area contributed by atoms with Gasteiger partial charge in [0.1, 0.15) is 0 Å². The molecule has 0 heterocycles. The van der Waals surface area contributed by atoms with Crippen LogP contribution >= 0.6 is 0 Å². The number of rotatable bonds is 1. The smallest absolute Gasteiger partial charge is 0.307 e. The number of fused-ring (bicyclic) bond motifs is 2. The first-order valence-electron chi connectivity index (χ1n) is 6.02. The van der Waals surface area contributed by atoms with Crippen LogP contribution in [0.5, 0.6) is 0 Å². The summed E-state index contributed by atoms with van der Waals surface area (Å²) in [5.41, 5.74) is 0. The molecule has 5 aliphatic carbocycles.